The minimum absolute atomic E-state index is 0.180. The van der Waals surface area contributed by atoms with Gasteiger partial charge in [-0.2, -0.15) is 0 Å². The van der Waals surface area contributed by atoms with Crippen LogP contribution in [0, 0.1) is 5.92 Å². The molecule has 1 aliphatic heterocycles. The maximum absolute atomic E-state index is 6.43. The molecule has 3 unspecified atom stereocenters. The first kappa shape index (κ1) is 16.2. The van der Waals surface area contributed by atoms with Gasteiger partial charge in [0.25, 0.3) is 0 Å². The Labute approximate surface area is 138 Å². The third kappa shape index (κ3) is 4.01. The van der Waals surface area contributed by atoms with Crippen molar-refractivity contribution in [3.8, 4) is 0 Å². The zero-order valence-electron chi connectivity index (χ0n) is 14.0. The fourth-order valence-electron chi connectivity index (χ4n) is 3.05. The highest BCUT2D eigenvalue weighted by Gasteiger charge is 2.42. The molecule has 2 heterocycles. The summed E-state index contributed by atoms with van der Waals surface area (Å²) < 4.78 is 14.7. The van der Waals surface area contributed by atoms with Crippen molar-refractivity contribution in [3.63, 3.8) is 0 Å². The number of benzene rings is 1. The van der Waals surface area contributed by atoms with Crippen molar-refractivity contribution in [2.75, 3.05) is 6.61 Å². The molecule has 124 valence electrons. The second-order valence-electron chi connectivity index (χ2n) is 6.48. The number of nitrogens with zero attached hydrogens (tertiary/aromatic N) is 2. The summed E-state index contributed by atoms with van der Waals surface area (Å²) in [5, 5.41) is 0. The van der Waals surface area contributed by atoms with Gasteiger partial charge in [0.1, 0.15) is 0 Å². The number of hydrogen-bond donors (Lipinski definition) is 0. The second-order valence-corrected chi connectivity index (χ2v) is 6.48. The minimum Gasteiger partial charge on any atom is -0.345 e. The van der Waals surface area contributed by atoms with E-state index in [0.29, 0.717) is 19.1 Å². The van der Waals surface area contributed by atoms with Gasteiger partial charge in [-0.25, -0.2) is 4.98 Å². The van der Waals surface area contributed by atoms with Gasteiger partial charge in [0.2, 0.25) is 0 Å². The first-order chi connectivity index (χ1) is 11.2. The van der Waals surface area contributed by atoms with Crippen LogP contribution < -0.4 is 0 Å². The van der Waals surface area contributed by atoms with Crippen LogP contribution in [-0.2, 0) is 22.4 Å². The van der Waals surface area contributed by atoms with E-state index in [1.807, 2.05) is 23.2 Å². The predicted octanol–water partition coefficient (Wildman–Crippen LogP) is 3.67. The molecule has 1 fully saturated rings. The number of rotatable bonds is 7. The zero-order valence-corrected chi connectivity index (χ0v) is 14.0. The van der Waals surface area contributed by atoms with Gasteiger partial charge in [-0.15, -0.1) is 0 Å². The molecule has 1 aliphatic rings. The third-order valence-corrected chi connectivity index (χ3v) is 4.78. The molecule has 0 aliphatic carbocycles. The van der Waals surface area contributed by atoms with Gasteiger partial charge >= 0.3 is 0 Å². The molecule has 3 rings (SSSR count). The van der Waals surface area contributed by atoms with E-state index in [2.05, 4.69) is 43.1 Å². The Bertz CT molecular complexity index is 585. The van der Waals surface area contributed by atoms with E-state index in [1.54, 1.807) is 6.20 Å². The summed E-state index contributed by atoms with van der Waals surface area (Å²) in [6.07, 6.45) is 8.67. The van der Waals surface area contributed by atoms with Crippen LogP contribution in [0.4, 0.5) is 0 Å². The van der Waals surface area contributed by atoms with Gasteiger partial charge in [0.05, 0.1) is 25.6 Å². The molecular formula is C19H26N2O2. The molecular weight excluding hydrogens is 288 g/mol. The maximum Gasteiger partial charge on any atom is 0.187 e. The van der Waals surface area contributed by atoms with E-state index in [1.165, 1.54) is 5.56 Å². The average Bonchev–Trinajstić information content (AvgIpc) is 3.24. The molecule has 0 saturated carbocycles. The molecule has 1 aromatic heterocycles. The minimum atomic E-state index is -0.551. The second kappa shape index (κ2) is 7.28. The highest BCUT2D eigenvalue weighted by molar-refractivity contribution is 5.15. The summed E-state index contributed by atoms with van der Waals surface area (Å²) in [6.45, 7) is 5.80. The van der Waals surface area contributed by atoms with E-state index in [-0.39, 0.29) is 6.10 Å². The van der Waals surface area contributed by atoms with Crippen LogP contribution in [0.1, 0.15) is 32.3 Å². The normalized spacial score (nSPS) is 25.6. The Kier molecular flexibility index (Phi) is 5.13. The monoisotopic (exact) mass is 314 g/mol. The van der Waals surface area contributed by atoms with Crippen LogP contribution in [0.5, 0.6) is 0 Å². The van der Waals surface area contributed by atoms with Crippen molar-refractivity contribution in [2.45, 2.75) is 51.5 Å². The fraction of sp³-hybridized carbons (Fsp3) is 0.526. The number of ether oxygens (including phenoxy) is 2. The van der Waals surface area contributed by atoms with Crippen LogP contribution in [0.25, 0.3) is 0 Å². The van der Waals surface area contributed by atoms with E-state index in [0.717, 1.165) is 19.3 Å². The molecule has 0 radical (unpaired) electrons. The van der Waals surface area contributed by atoms with Crippen molar-refractivity contribution >= 4 is 0 Å². The summed E-state index contributed by atoms with van der Waals surface area (Å²) in [6, 6.07) is 10.5. The van der Waals surface area contributed by atoms with E-state index >= 15 is 0 Å². The van der Waals surface area contributed by atoms with Gasteiger partial charge in [-0.3, -0.25) is 0 Å². The predicted molar refractivity (Wildman–Crippen MR) is 90.0 cm³/mol. The molecule has 4 nitrogen and oxygen atoms in total. The molecule has 1 aromatic carbocycles. The molecule has 0 bridgehead atoms. The summed E-state index contributed by atoms with van der Waals surface area (Å²) in [7, 11) is 0. The molecule has 2 aromatic rings. The van der Waals surface area contributed by atoms with Gasteiger partial charge in [0, 0.05) is 18.8 Å². The molecule has 23 heavy (non-hydrogen) atoms. The largest absolute Gasteiger partial charge is 0.345 e. The van der Waals surface area contributed by atoms with Crippen LogP contribution >= 0.6 is 0 Å². The van der Waals surface area contributed by atoms with Gasteiger partial charge < -0.3 is 14.0 Å². The highest BCUT2D eigenvalue weighted by Crippen LogP contribution is 2.34. The van der Waals surface area contributed by atoms with Crippen molar-refractivity contribution < 1.29 is 9.47 Å². The Morgan fingerprint density at radius 2 is 2.17 bits per heavy atom. The Morgan fingerprint density at radius 3 is 2.87 bits per heavy atom. The molecule has 0 spiro atoms. The standard InChI is InChI=1S/C19H26N2O2/c1-3-16(2)18-13-22-19(23-18,14-21-12-11-20-15-21)10-9-17-7-5-4-6-8-17/h4-8,11-12,15-16,18H,3,9-10,13-14H2,1-2H3. The first-order valence-corrected chi connectivity index (χ1v) is 8.52. The average molecular weight is 314 g/mol. The lowest BCUT2D eigenvalue weighted by Crippen LogP contribution is -2.37. The van der Waals surface area contributed by atoms with Crippen LogP contribution in [-0.4, -0.2) is 28.0 Å². The van der Waals surface area contributed by atoms with Gasteiger partial charge in [-0.05, 0) is 17.9 Å². The summed E-state index contributed by atoms with van der Waals surface area (Å²) in [4.78, 5) is 4.14. The molecule has 4 heteroatoms. The van der Waals surface area contributed by atoms with Gasteiger partial charge in [-0.1, -0.05) is 50.6 Å². The number of aromatic nitrogens is 2. The molecule has 3 atom stereocenters. The molecule has 0 amide bonds. The first-order valence-electron chi connectivity index (χ1n) is 8.52. The van der Waals surface area contributed by atoms with E-state index in [4.69, 9.17) is 9.47 Å². The Hall–Kier alpha value is -1.65. The highest BCUT2D eigenvalue weighted by atomic mass is 16.7. The van der Waals surface area contributed by atoms with Crippen LogP contribution in [0.2, 0.25) is 0 Å². The lowest BCUT2D eigenvalue weighted by atomic mass is 10.0. The SMILES string of the molecule is CCC(C)C1COC(CCc2ccccc2)(Cn2ccnc2)O1. The zero-order chi connectivity index (χ0) is 16.1. The maximum atomic E-state index is 6.43. The van der Waals surface area contributed by atoms with Crippen molar-refractivity contribution in [3.05, 3.63) is 54.6 Å². The summed E-state index contributed by atoms with van der Waals surface area (Å²) in [5.74, 6) is -0.0404. The Morgan fingerprint density at radius 1 is 1.35 bits per heavy atom. The van der Waals surface area contributed by atoms with Crippen molar-refractivity contribution in [1.29, 1.82) is 0 Å². The summed E-state index contributed by atoms with van der Waals surface area (Å²) >= 11 is 0. The van der Waals surface area contributed by atoms with E-state index < -0.39 is 5.79 Å². The number of aryl methyl sites for hydroxylation is 1. The Balaban J connectivity index is 1.71. The summed E-state index contributed by atoms with van der Waals surface area (Å²) in [5.41, 5.74) is 1.32. The van der Waals surface area contributed by atoms with Gasteiger partial charge in [0.15, 0.2) is 5.79 Å². The topological polar surface area (TPSA) is 36.3 Å². The lowest BCUT2D eigenvalue weighted by molar-refractivity contribution is -0.186. The third-order valence-electron chi connectivity index (χ3n) is 4.78. The van der Waals surface area contributed by atoms with Crippen molar-refractivity contribution in [1.82, 2.24) is 9.55 Å². The van der Waals surface area contributed by atoms with Crippen molar-refractivity contribution in [2.24, 2.45) is 5.92 Å². The smallest absolute Gasteiger partial charge is 0.187 e. The quantitative estimate of drug-likeness (QED) is 0.782. The lowest BCUT2D eigenvalue weighted by Gasteiger charge is -2.29. The van der Waals surface area contributed by atoms with Crippen LogP contribution in [0.15, 0.2) is 49.1 Å². The molecule has 1 saturated heterocycles. The number of imidazole rings is 1. The van der Waals surface area contributed by atoms with Crippen LogP contribution in [0.3, 0.4) is 0 Å². The molecule has 0 N–H and O–H groups in total. The fourth-order valence-corrected chi connectivity index (χ4v) is 3.05. The van der Waals surface area contributed by atoms with E-state index in [9.17, 15) is 0 Å². The number of hydrogen-bond acceptors (Lipinski definition) is 3.